The third kappa shape index (κ3) is 3.31. The first kappa shape index (κ1) is 14.9. The molecule has 0 heterocycles. The highest BCUT2D eigenvalue weighted by atomic mass is 16.5. The van der Waals surface area contributed by atoms with Crippen molar-refractivity contribution in [3.8, 4) is 5.75 Å². The van der Waals surface area contributed by atoms with Gasteiger partial charge in [0.05, 0.1) is 13.7 Å². The maximum absolute atomic E-state index is 11.4. The van der Waals surface area contributed by atoms with E-state index in [4.69, 9.17) is 15.2 Å². The van der Waals surface area contributed by atoms with Crippen LogP contribution < -0.4 is 10.5 Å². The van der Waals surface area contributed by atoms with E-state index in [0.29, 0.717) is 13.0 Å². The van der Waals surface area contributed by atoms with Crippen LogP contribution in [0, 0.1) is 0 Å². The molecule has 0 radical (unpaired) electrons. The van der Waals surface area contributed by atoms with E-state index in [1.54, 1.807) is 7.11 Å². The van der Waals surface area contributed by atoms with Crippen LogP contribution in [0.25, 0.3) is 0 Å². The number of methoxy groups -OCH3 is 1. The van der Waals surface area contributed by atoms with Gasteiger partial charge in [0.15, 0.2) is 0 Å². The molecular formula is C16H23NO3. The fourth-order valence-electron chi connectivity index (χ4n) is 2.89. The second-order valence-corrected chi connectivity index (χ2v) is 5.21. The molecule has 4 heteroatoms. The quantitative estimate of drug-likeness (QED) is 0.808. The van der Waals surface area contributed by atoms with E-state index >= 15 is 0 Å². The topological polar surface area (TPSA) is 61.5 Å². The lowest BCUT2D eigenvalue weighted by atomic mass is 9.97. The second kappa shape index (κ2) is 6.75. The minimum atomic E-state index is -0.129. The van der Waals surface area contributed by atoms with Crippen LogP contribution in [-0.2, 0) is 28.8 Å². The van der Waals surface area contributed by atoms with Crippen LogP contribution in [-0.4, -0.2) is 25.7 Å². The average molecular weight is 277 g/mol. The van der Waals surface area contributed by atoms with Crippen LogP contribution in [0.5, 0.6) is 5.75 Å². The molecular weight excluding hydrogens is 254 g/mol. The van der Waals surface area contributed by atoms with E-state index in [-0.39, 0.29) is 12.0 Å². The highest BCUT2D eigenvalue weighted by Gasteiger charge is 2.23. The minimum absolute atomic E-state index is 0.129. The van der Waals surface area contributed by atoms with Gasteiger partial charge in [-0.05, 0) is 55.4 Å². The Kier molecular flexibility index (Phi) is 5.01. The number of fused-ring (bicyclic) bond motifs is 1. The Morgan fingerprint density at radius 1 is 1.40 bits per heavy atom. The van der Waals surface area contributed by atoms with E-state index in [1.165, 1.54) is 16.7 Å². The average Bonchev–Trinajstić information content (AvgIpc) is 2.80. The van der Waals surface area contributed by atoms with Crippen LogP contribution in [0.1, 0.15) is 36.5 Å². The number of hydrogen-bond donors (Lipinski definition) is 1. The van der Waals surface area contributed by atoms with Gasteiger partial charge in [0, 0.05) is 12.5 Å². The van der Waals surface area contributed by atoms with Crippen molar-refractivity contribution in [3.63, 3.8) is 0 Å². The molecule has 4 nitrogen and oxygen atoms in total. The Bertz CT molecular complexity index is 485. The SMILES string of the molecule is CCOC(=O)CCCc1c(OC)ccc2c1CC(N)C2. The predicted molar refractivity (Wildman–Crippen MR) is 77.9 cm³/mol. The van der Waals surface area contributed by atoms with Crippen LogP contribution in [0.4, 0.5) is 0 Å². The number of esters is 1. The van der Waals surface area contributed by atoms with E-state index < -0.39 is 0 Å². The van der Waals surface area contributed by atoms with Gasteiger partial charge in [-0.15, -0.1) is 0 Å². The van der Waals surface area contributed by atoms with Crippen molar-refractivity contribution in [2.24, 2.45) is 5.73 Å². The lowest BCUT2D eigenvalue weighted by Crippen LogP contribution is -2.19. The minimum Gasteiger partial charge on any atom is -0.496 e. The molecule has 0 saturated heterocycles. The van der Waals surface area contributed by atoms with Gasteiger partial charge in [0.2, 0.25) is 0 Å². The molecule has 1 aliphatic rings. The summed E-state index contributed by atoms with van der Waals surface area (Å²) >= 11 is 0. The van der Waals surface area contributed by atoms with Crippen molar-refractivity contribution in [1.82, 2.24) is 0 Å². The molecule has 0 spiro atoms. The number of carbonyl (C=O) groups is 1. The van der Waals surface area contributed by atoms with Crippen molar-refractivity contribution in [1.29, 1.82) is 0 Å². The Morgan fingerprint density at radius 2 is 2.20 bits per heavy atom. The summed E-state index contributed by atoms with van der Waals surface area (Å²) in [5, 5.41) is 0. The second-order valence-electron chi connectivity index (χ2n) is 5.21. The number of rotatable bonds is 6. The van der Waals surface area contributed by atoms with Crippen molar-refractivity contribution >= 4 is 5.97 Å². The standard InChI is InChI=1S/C16H23NO3/c1-3-20-16(18)6-4-5-13-14-10-12(17)9-11(14)7-8-15(13)19-2/h7-8,12H,3-6,9-10,17H2,1-2H3. The highest BCUT2D eigenvalue weighted by molar-refractivity contribution is 5.69. The molecule has 2 rings (SSSR count). The van der Waals surface area contributed by atoms with Crippen molar-refractivity contribution in [3.05, 3.63) is 28.8 Å². The number of nitrogens with two attached hydrogens (primary N) is 1. The van der Waals surface area contributed by atoms with Crippen molar-refractivity contribution in [2.75, 3.05) is 13.7 Å². The first-order chi connectivity index (χ1) is 9.65. The van der Waals surface area contributed by atoms with E-state index in [0.717, 1.165) is 31.4 Å². The highest BCUT2D eigenvalue weighted by Crippen LogP contribution is 2.32. The Labute approximate surface area is 120 Å². The molecule has 0 bridgehead atoms. The van der Waals surface area contributed by atoms with Crippen LogP contribution >= 0.6 is 0 Å². The molecule has 20 heavy (non-hydrogen) atoms. The van der Waals surface area contributed by atoms with Gasteiger partial charge in [-0.3, -0.25) is 4.79 Å². The molecule has 0 aromatic heterocycles. The van der Waals surface area contributed by atoms with Gasteiger partial charge in [0.25, 0.3) is 0 Å². The fraction of sp³-hybridized carbons (Fsp3) is 0.562. The van der Waals surface area contributed by atoms with Crippen LogP contribution in [0.15, 0.2) is 12.1 Å². The van der Waals surface area contributed by atoms with Crippen LogP contribution in [0.2, 0.25) is 0 Å². The first-order valence-corrected chi connectivity index (χ1v) is 7.24. The molecule has 1 aliphatic carbocycles. The maximum atomic E-state index is 11.4. The fourth-order valence-corrected chi connectivity index (χ4v) is 2.89. The van der Waals surface area contributed by atoms with Gasteiger partial charge in [-0.2, -0.15) is 0 Å². The first-order valence-electron chi connectivity index (χ1n) is 7.24. The zero-order valence-electron chi connectivity index (χ0n) is 12.3. The summed E-state index contributed by atoms with van der Waals surface area (Å²) in [5.74, 6) is 0.775. The zero-order valence-corrected chi connectivity index (χ0v) is 12.3. The number of ether oxygens (including phenoxy) is 2. The molecule has 1 aromatic carbocycles. The molecule has 1 atom stereocenters. The predicted octanol–water partition coefficient (Wildman–Crippen LogP) is 2.01. The summed E-state index contributed by atoms with van der Waals surface area (Å²) in [6, 6.07) is 4.33. The Balaban J connectivity index is 2.07. The van der Waals surface area contributed by atoms with Crippen molar-refractivity contribution < 1.29 is 14.3 Å². The Morgan fingerprint density at radius 3 is 2.90 bits per heavy atom. The van der Waals surface area contributed by atoms with Gasteiger partial charge in [0.1, 0.15) is 5.75 Å². The third-order valence-electron chi connectivity index (χ3n) is 3.77. The molecule has 1 aromatic rings. The van der Waals surface area contributed by atoms with Crippen molar-refractivity contribution in [2.45, 2.75) is 45.1 Å². The molecule has 110 valence electrons. The van der Waals surface area contributed by atoms with E-state index in [2.05, 4.69) is 6.07 Å². The summed E-state index contributed by atoms with van der Waals surface area (Å²) in [4.78, 5) is 11.4. The smallest absolute Gasteiger partial charge is 0.305 e. The maximum Gasteiger partial charge on any atom is 0.305 e. The molecule has 2 N–H and O–H groups in total. The molecule has 0 saturated carbocycles. The molecule has 0 aliphatic heterocycles. The summed E-state index contributed by atoms with van der Waals surface area (Å²) < 4.78 is 10.4. The Hall–Kier alpha value is -1.55. The molecule has 0 amide bonds. The van der Waals surface area contributed by atoms with E-state index in [1.807, 2.05) is 13.0 Å². The number of benzene rings is 1. The zero-order chi connectivity index (χ0) is 14.5. The largest absolute Gasteiger partial charge is 0.496 e. The lowest BCUT2D eigenvalue weighted by molar-refractivity contribution is -0.143. The molecule has 0 fully saturated rings. The van der Waals surface area contributed by atoms with E-state index in [9.17, 15) is 4.79 Å². The van der Waals surface area contributed by atoms with Gasteiger partial charge < -0.3 is 15.2 Å². The third-order valence-corrected chi connectivity index (χ3v) is 3.77. The van der Waals surface area contributed by atoms with Gasteiger partial charge in [-0.1, -0.05) is 6.07 Å². The monoisotopic (exact) mass is 277 g/mol. The summed E-state index contributed by atoms with van der Waals surface area (Å²) in [5.41, 5.74) is 9.90. The van der Waals surface area contributed by atoms with Gasteiger partial charge in [-0.25, -0.2) is 0 Å². The normalized spacial score (nSPS) is 16.9. The summed E-state index contributed by atoms with van der Waals surface area (Å²) in [6.45, 7) is 2.27. The van der Waals surface area contributed by atoms with Crippen LogP contribution in [0.3, 0.4) is 0 Å². The molecule has 1 unspecified atom stereocenters. The van der Waals surface area contributed by atoms with Gasteiger partial charge >= 0.3 is 5.97 Å². The summed E-state index contributed by atoms with van der Waals surface area (Å²) in [6.07, 6.45) is 3.90. The lowest BCUT2D eigenvalue weighted by Gasteiger charge is -2.13. The number of carbonyl (C=O) groups excluding carboxylic acids is 1. The summed E-state index contributed by atoms with van der Waals surface area (Å²) in [7, 11) is 1.69. The number of hydrogen-bond acceptors (Lipinski definition) is 4.